The maximum absolute atomic E-state index is 12.6. The summed E-state index contributed by atoms with van der Waals surface area (Å²) in [5.74, 6) is -0.945. The number of benzene rings is 1. The molecule has 6 nitrogen and oxygen atoms in total. The second kappa shape index (κ2) is 9.38. The standard InChI is InChI=1S/C17H18BrNO5S2/c1-24-12-8-10(7-11(18)15(12)22)9-13-16(23)19(17(25)26-13)6-4-2-3-5-14(20)21/h7-9,22H,2-6H2,1H3,(H,20,21)/p-1. The number of unbranched alkanes of at least 4 members (excludes halogenated alkanes) is 2. The zero-order valence-electron chi connectivity index (χ0n) is 14.0. The lowest BCUT2D eigenvalue weighted by Gasteiger charge is -2.14. The van der Waals surface area contributed by atoms with E-state index in [1.165, 1.54) is 23.8 Å². The lowest BCUT2D eigenvalue weighted by atomic mass is 10.1. The van der Waals surface area contributed by atoms with E-state index in [-0.39, 0.29) is 18.1 Å². The van der Waals surface area contributed by atoms with E-state index >= 15 is 0 Å². The minimum absolute atomic E-state index is 0.00578. The van der Waals surface area contributed by atoms with E-state index in [4.69, 9.17) is 17.0 Å². The van der Waals surface area contributed by atoms with Crippen LogP contribution in [-0.2, 0) is 9.59 Å². The first-order valence-electron chi connectivity index (χ1n) is 7.85. The zero-order chi connectivity index (χ0) is 19.3. The smallest absolute Gasteiger partial charge is 0.266 e. The number of aliphatic carboxylic acids is 1. The van der Waals surface area contributed by atoms with E-state index in [9.17, 15) is 19.8 Å². The number of hydrogen-bond acceptors (Lipinski definition) is 7. The monoisotopic (exact) mass is 458 g/mol. The predicted molar refractivity (Wildman–Crippen MR) is 106 cm³/mol. The number of thiocarbonyl (C=S) groups is 1. The van der Waals surface area contributed by atoms with Gasteiger partial charge in [0, 0.05) is 12.5 Å². The first-order valence-corrected chi connectivity index (χ1v) is 9.87. The third-order valence-electron chi connectivity index (χ3n) is 3.70. The molecule has 0 unspecified atom stereocenters. The molecular weight excluding hydrogens is 442 g/mol. The Morgan fingerprint density at radius 3 is 2.81 bits per heavy atom. The fourth-order valence-electron chi connectivity index (χ4n) is 2.39. The van der Waals surface area contributed by atoms with Crippen LogP contribution >= 0.6 is 39.9 Å². The number of ether oxygens (including phenoxy) is 1. The van der Waals surface area contributed by atoms with Gasteiger partial charge in [0.15, 0.2) is 11.5 Å². The molecule has 1 N–H and O–H groups in total. The van der Waals surface area contributed by atoms with Gasteiger partial charge in [-0.05, 0) is 59.0 Å². The van der Waals surface area contributed by atoms with Gasteiger partial charge in [0.2, 0.25) is 0 Å². The Kier molecular flexibility index (Phi) is 7.48. The maximum atomic E-state index is 12.6. The third kappa shape index (κ3) is 5.21. The van der Waals surface area contributed by atoms with Crippen LogP contribution in [0.2, 0.25) is 0 Å². The van der Waals surface area contributed by atoms with Gasteiger partial charge >= 0.3 is 0 Å². The van der Waals surface area contributed by atoms with Crippen LogP contribution in [0.1, 0.15) is 31.2 Å². The number of carboxylic acids is 1. The number of phenols is 1. The Labute approximate surface area is 169 Å². The quantitative estimate of drug-likeness (QED) is 0.363. The number of thioether (sulfide) groups is 1. The van der Waals surface area contributed by atoms with E-state index < -0.39 is 5.97 Å². The maximum Gasteiger partial charge on any atom is 0.266 e. The van der Waals surface area contributed by atoms with Crippen molar-refractivity contribution in [1.29, 1.82) is 0 Å². The molecule has 1 aromatic carbocycles. The molecule has 0 bridgehead atoms. The Morgan fingerprint density at radius 1 is 1.42 bits per heavy atom. The van der Waals surface area contributed by atoms with Crippen LogP contribution in [0.25, 0.3) is 6.08 Å². The molecule has 1 fully saturated rings. The van der Waals surface area contributed by atoms with E-state index in [0.29, 0.717) is 50.8 Å². The van der Waals surface area contributed by atoms with Crippen LogP contribution in [0, 0.1) is 0 Å². The SMILES string of the molecule is COc1cc(C=C2SC(=S)N(CCCCCC(=O)[O-])C2=O)cc(Br)c1O. The van der Waals surface area contributed by atoms with Crippen LogP contribution in [-0.4, -0.2) is 39.9 Å². The van der Waals surface area contributed by atoms with E-state index in [1.807, 2.05) is 0 Å². The number of halogens is 1. The molecule has 26 heavy (non-hydrogen) atoms. The molecule has 0 aromatic heterocycles. The highest BCUT2D eigenvalue weighted by molar-refractivity contribution is 9.10. The summed E-state index contributed by atoms with van der Waals surface area (Å²) in [5, 5.41) is 20.3. The minimum Gasteiger partial charge on any atom is -0.550 e. The molecule has 1 aliphatic rings. The first kappa shape index (κ1) is 20.7. The molecule has 1 amide bonds. The van der Waals surface area contributed by atoms with E-state index in [0.717, 1.165) is 0 Å². The van der Waals surface area contributed by atoms with Crippen molar-refractivity contribution in [2.75, 3.05) is 13.7 Å². The van der Waals surface area contributed by atoms with Crippen molar-refractivity contribution in [1.82, 2.24) is 4.90 Å². The number of aromatic hydroxyl groups is 1. The number of carboxylic acid groups (broad SMARTS) is 1. The molecular formula is C17H17BrNO5S2-. The molecule has 0 atom stereocenters. The van der Waals surface area contributed by atoms with Gasteiger partial charge in [0.25, 0.3) is 5.91 Å². The average Bonchev–Trinajstić information content (AvgIpc) is 2.84. The fraction of sp³-hybridized carbons (Fsp3) is 0.353. The molecule has 0 aliphatic carbocycles. The summed E-state index contributed by atoms with van der Waals surface area (Å²) in [6.45, 7) is 0.456. The summed E-state index contributed by atoms with van der Waals surface area (Å²) in [6.07, 6.45) is 3.60. The summed E-state index contributed by atoms with van der Waals surface area (Å²) < 4.78 is 6.05. The van der Waals surface area contributed by atoms with E-state index in [2.05, 4.69) is 15.9 Å². The summed E-state index contributed by atoms with van der Waals surface area (Å²) in [4.78, 5) is 25.0. The largest absolute Gasteiger partial charge is 0.550 e. The van der Waals surface area contributed by atoms with Gasteiger partial charge in [0.05, 0.1) is 16.5 Å². The number of amides is 1. The Balaban J connectivity index is 2.05. The Hall–Kier alpha value is -1.58. The third-order valence-corrected chi connectivity index (χ3v) is 5.69. The average molecular weight is 459 g/mol. The number of nitrogens with zero attached hydrogens (tertiary/aromatic N) is 1. The van der Waals surface area contributed by atoms with Crippen LogP contribution in [0.5, 0.6) is 11.5 Å². The summed E-state index contributed by atoms with van der Waals surface area (Å²) in [6, 6.07) is 3.32. The highest BCUT2D eigenvalue weighted by atomic mass is 79.9. The molecule has 1 aliphatic heterocycles. The van der Waals surface area contributed by atoms with Crippen molar-refractivity contribution in [3.8, 4) is 11.5 Å². The second-order valence-corrected chi connectivity index (χ2v) is 8.10. The molecule has 2 rings (SSSR count). The lowest BCUT2D eigenvalue weighted by molar-refractivity contribution is -0.305. The molecule has 0 radical (unpaired) electrons. The zero-order valence-corrected chi connectivity index (χ0v) is 17.2. The first-order chi connectivity index (χ1) is 12.3. The van der Waals surface area contributed by atoms with Gasteiger partial charge in [-0.15, -0.1) is 0 Å². The number of rotatable bonds is 8. The summed E-state index contributed by atoms with van der Waals surface area (Å²) in [7, 11) is 1.45. The number of hydrogen-bond donors (Lipinski definition) is 1. The predicted octanol–water partition coefficient (Wildman–Crippen LogP) is 2.67. The van der Waals surface area contributed by atoms with Gasteiger partial charge in [0.1, 0.15) is 4.32 Å². The summed E-state index contributed by atoms with van der Waals surface area (Å²) >= 11 is 9.74. The second-order valence-electron chi connectivity index (χ2n) is 5.57. The van der Waals surface area contributed by atoms with Gasteiger partial charge in [-0.1, -0.05) is 30.4 Å². The number of phenolic OH excluding ortho intramolecular Hbond substituents is 1. The number of methoxy groups -OCH3 is 1. The molecule has 1 saturated heterocycles. The van der Waals surface area contributed by atoms with Crippen molar-refractivity contribution in [3.63, 3.8) is 0 Å². The highest BCUT2D eigenvalue weighted by Crippen LogP contribution is 2.38. The van der Waals surface area contributed by atoms with Gasteiger partial charge in [-0.25, -0.2) is 0 Å². The summed E-state index contributed by atoms with van der Waals surface area (Å²) in [5.41, 5.74) is 0.695. The normalized spacial score (nSPS) is 15.8. The van der Waals surface area contributed by atoms with Crippen LogP contribution < -0.4 is 9.84 Å². The molecule has 9 heteroatoms. The topological polar surface area (TPSA) is 89.9 Å². The molecule has 1 aromatic rings. The van der Waals surface area contributed by atoms with Crippen molar-refractivity contribution < 1.29 is 24.5 Å². The van der Waals surface area contributed by atoms with E-state index in [1.54, 1.807) is 18.2 Å². The van der Waals surface area contributed by atoms with Crippen molar-refractivity contribution in [2.45, 2.75) is 25.7 Å². The molecule has 140 valence electrons. The minimum atomic E-state index is -1.06. The molecule has 1 heterocycles. The number of carbonyl (C=O) groups is 2. The van der Waals surface area contributed by atoms with Crippen molar-refractivity contribution in [2.24, 2.45) is 0 Å². The molecule has 0 spiro atoms. The van der Waals surface area contributed by atoms with Crippen LogP contribution in [0.4, 0.5) is 0 Å². The van der Waals surface area contributed by atoms with Crippen molar-refractivity contribution in [3.05, 3.63) is 27.1 Å². The van der Waals surface area contributed by atoms with Gasteiger partial charge in [-0.2, -0.15) is 0 Å². The Bertz CT molecular complexity index is 766. The molecule has 0 saturated carbocycles. The van der Waals surface area contributed by atoms with Crippen LogP contribution in [0.3, 0.4) is 0 Å². The van der Waals surface area contributed by atoms with Crippen LogP contribution in [0.15, 0.2) is 21.5 Å². The number of carbonyl (C=O) groups excluding carboxylic acids is 2. The van der Waals surface area contributed by atoms with Gasteiger partial charge < -0.3 is 19.7 Å². The fourth-order valence-corrected chi connectivity index (χ4v) is 4.16. The van der Waals surface area contributed by atoms with Gasteiger partial charge in [-0.3, -0.25) is 9.69 Å². The van der Waals surface area contributed by atoms with Crippen molar-refractivity contribution >= 4 is 62.2 Å². The Morgan fingerprint density at radius 2 is 2.15 bits per heavy atom. The lowest BCUT2D eigenvalue weighted by Crippen LogP contribution is -2.29. The highest BCUT2D eigenvalue weighted by Gasteiger charge is 2.31.